The molecule has 0 aliphatic rings. The van der Waals surface area contributed by atoms with Gasteiger partial charge in [0.05, 0.1) is 17.0 Å². The smallest absolute Gasteiger partial charge is 0.341 e. The van der Waals surface area contributed by atoms with Gasteiger partial charge < -0.3 is 5.32 Å². The van der Waals surface area contributed by atoms with Crippen LogP contribution in [0.15, 0.2) is 53.4 Å². The molecule has 2 N–H and O–H groups in total. The van der Waals surface area contributed by atoms with Crippen molar-refractivity contribution in [2.24, 2.45) is 0 Å². The average Bonchev–Trinajstić information content (AvgIpc) is 2.74. The third-order valence-electron chi connectivity index (χ3n) is 5.17. The molecule has 0 spiro atoms. The minimum Gasteiger partial charge on any atom is -0.341 e. The summed E-state index contributed by atoms with van der Waals surface area (Å²) < 4.78 is 79.5. The molecule has 3 atom stereocenters. The van der Waals surface area contributed by atoms with Crippen molar-refractivity contribution in [3.63, 3.8) is 0 Å². The zero-order valence-corrected chi connectivity index (χ0v) is 20.6. The molecule has 0 saturated carbocycles. The van der Waals surface area contributed by atoms with Crippen LogP contribution in [-0.2, 0) is 14.6 Å². The number of rotatable bonds is 9. The monoisotopic (exact) mass is 512 g/mol. The van der Waals surface area contributed by atoms with Gasteiger partial charge >= 0.3 is 6.18 Å². The minimum absolute atomic E-state index is 0.124. The van der Waals surface area contributed by atoms with Crippen molar-refractivity contribution in [3.05, 3.63) is 54.1 Å². The predicted molar refractivity (Wildman–Crippen MR) is 127 cm³/mol. The fraction of sp³-hybridized carbons (Fsp3) is 0.400. The highest BCUT2D eigenvalue weighted by Gasteiger charge is 2.43. The van der Waals surface area contributed by atoms with Crippen LogP contribution in [0, 0.1) is 12.3 Å². The summed E-state index contributed by atoms with van der Waals surface area (Å²) in [5, 5.41) is 4.66. The number of halogens is 4. The number of terminal acetylenes is 1. The molecule has 35 heavy (non-hydrogen) atoms. The summed E-state index contributed by atoms with van der Waals surface area (Å²) in [6.45, 7) is 3.83. The first-order chi connectivity index (χ1) is 16.0. The number of nitrogens with one attached hydrogen (secondary N) is 2. The van der Waals surface area contributed by atoms with Gasteiger partial charge in [0.25, 0.3) is 0 Å². The third kappa shape index (κ3) is 8.37. The van der Waals surface area contributed by atoms with Gasteiger partial charge in [-0.2, -0.15) is 13.2 Å². The van der Waals surface area contributed by atoms with E-state index < -0.39 is 52.1 Å². The molecule has 0 radical (unpaired) electrons. The fourth-order valence-electron chi connectivity index (χ4n) is 3.41. The van der Waals surface area contributed by atoms with Gasteiger partial charge in [-0.25, -0.2) is 12.8 Å². The van der Waals surface area contributed by atoms with Crippen LogP contribution in [0.1, 0.15) is 38.8 Å². The van der Waals surface area contributed by atoms with Gasteiger partial charge in [0.15, 0.2) is 9.84 Å². The Labute approximate surface area is 203 Å². The summed E-state index contributed by atoms with van der Waals surface area (Å²) in [4.78, 5) is 12.7. The maximum absolute atomic E-state index is 14.3. The lowest BCUT2D eigenvalue weighted by Gasteiger charge is -2.30. The second-order valence-electron chi connectivity index (χ2n) is 8.93. The van der Waals surface area contributed by atoms with Gasteiger partial charge in [0, 0.05) is 12.7 Å². The molecule has 0 aliphatic carbocycles. The molecule has 0 fully saturated rings. The highest BCUT2D eigenvalue weighted by Crippen LogP contribution is 2.35. The number of alkyl halides is 4. The van der Waals surface area contributed by atoms with Crippen molar-refractivity contribution in [1.29, 1.82) is 0 Å². The molecule has 0 heterocycles. The second kappa shape index (κ2) is 10.8. The van der Waals surface area contributed by atoms with Crippen LogP contribution in [0.3, 0.4) is 0 Å². The van der Waals surface area contributed by atoms with E-state index >= 15 is 0 Å². The zero-order chi connectivity index (χ0) is 26.6. The molecule has 190 valence electrons. The van der Waals surface area contributed by atoms with Gasteiger partial charge in [-0.1, -0.05) is 42.3 Å². The van der Waals surface area contributed by atoms with Crippen LogP contribution in [0.5, 0.6) is 0 Å². The zero-order valence-electron chi connectivity index (χ0n) is 19.8. The summed E-state index contributed by atoms with van der Waals surface area (Å²) in [6, 6.07) is 6.88. The average molecular weight is 513 g/mol. The van der Waals surface area contributed by atoms with Crippen LogP contribution >= 0.6 is 0 Å². The SMILES string of the molecule is C#C[C@@H](C)NC(=O)[C@H](CC(C)(C)F)N[C@@H](c1ccc(-c2ccc(S(C)(=O)=O)cc2)cc1)C(F)(F)F. The van der Waals surface area contributed by atoms with E-state index in [1.54, 1.807) is 12.1 Å². The minimum atomic E-state index is -4.78. The summed E-state index contributed by atoms with van der Waals surface area (Å²) in [6.07, 6.45) is 1.02. The lowest BCUT2D eigenvalue weighted by atomic mass is 9.96. The number of hydrogen-bond acceptors (Lipinski definition) is 4. The molecule has 2 aromatic rings. The topological polar surface area (TPSA) is 75.3 Å². The van der Waals surface area contributed by atoms with Gasteiger partial charge in [-0.3, -0.25) is 10.1 Å². The number of benzene rings is 2. The van der Waals surface area contributed by atoms with Crippen molar-refractivity contribution in [2.75, 3.05) is 6.26 Å². The molecular weight excluding hydrogens is 484 g/mol. The standard InChI is InChI=1S/C25H28F4N2O3S/c1-6-16(2)30-23(32)21(15-24(3,4)26)31-22(25(27,28)29)19-9-7-17(8-10-19)18-11-13-20(14-12-18)35(5,33)34/h1,7-14,16,21-22,31H,15H2,2-5H3,(H,30,32)/t16-,21+,22+/m1/s1. The van der Waals surface area contributed by atoms with Gasteiger partial charge in [0.2, 0.25) is 5.91 Å². The van der Waals surface area contributed by atoms with Crippen molar-refractivity contribution in [3.8, 4) is 23.5 Å². The Morgan fingerprint density at radius 2 is 1.49 bits per heavy atom. The molecule has 2 rings (SSSR count). The normalized spacial score (nSPS) is 15.1. The van der Waals surface area contributed by atoms with E-state index in [1.165, 1.54) is 57.2 Å². The van der Waals surface area contributed by atoms with E-state index in [1.807, 2.05) is 0 Å². The Bertz CT molecular complexity index is 1160. The Morgan fingerprint density at radius 3 is 1.89 bits per heavy atom. The molecule has 2 aromatic carbocycles. The Balaban J connectivity index is 2.35. The Kier molecular flexibility index (Phi) is 8.74. The van der Waals surface area contributed by atoms with Crippen molar-refractivity contribution >= 4 is 15.7 Å². The lowest BCUT2D eigenvalue weighted by molar-refractivity contribution is -0.161. The number of carbonyl (C=O) groups excluding carboxylic acids is 1. The first kappa shape index (κ1) is 28.3. The van der Waals surface area contributed by atoms with Crippen LogP contribution in [0.4, 0.5) is 17.6 Å². The van der Waals surface area contributed by atoms with Crippen molar-refractivity contribution in [2.45, 2.75) is 62.1 Å². The number of carbonyl (C=O) groups is 1. The Hall–Kier alpha value is -2.90. The van der Waals surface area contributed by atoms with E-state index in [0.29, 0.717) is 11.1 Å². The first-order valence-corrected chi connectivity index (χ1v) is 12.6. The summed E-state index contributed by atoms with van der Waals surface area (Å²) in [5.74, 6) is 1.42. The van der Waals surface area contributed by atoms with Crippen LogP contribution in [-0.4, -0.2) is 44.5 Å². The van der Waals surface area contributed by atoms with E-state index in [4.69, 9.17) is 6.42 Å². The highest BCUT2D eigenvalue weighted by molar-refractivity contribution is 7.90. The number of sulfone groups is 1. The third-order valence-corrected chi connectivity index (χ3v) is 6.30. The number of hydrogen-bond donors (Lipinski definition) is 2. The lowest BCUT2D eigenvalue weighted by Crippen LogP contribution is -2.52. The van der Waals surface area contributed by atoms with Crippen LogP contribution in [0.2, 0.25) is 0 Å². The summed E-state index contributed by atoms with van der Waals surface area (Å²) >= 11 is 0. The van der Waals surface area contributed by atoms with Crippen LogP contribution in [0.25, 0.3) is 11.1 Å². The molecule has 0 saturated heterocycles. The Morgan fingerprint density at radius 1 is 1.00 bits per heavy atom. The highest BCUT2D eigenvalue weighted by atomic mass is 32.2. The summed E-state index contributed by atoms with van der Waals surface area (Å²) in [5.41, 5.74) is -0.919. The largest absolute Gasteiger partial charge is 0.407 e. The van der Waals surface area contributed by atoms with Gasteiger partial charge in [-0.05, 0) is 49.6 Å². The molecule has 0 unspecified atom stereocenters. The maximum atomic E-state index is 14.3. The maximum Gasteiger partial charge on any atom is 0.407 e. The summed E-state index contributed by atoms with van der Waals surface area (Å²) in [7, 11) is -3.38. The fourth-order valence-corrected chi connectivity index (χ4v) is 4.04. The molecule has 0 bridgehead atoms. The van der Waals surface area contributed by atoms with E-state index in [0.717, 1.165) is 6.26 Å². The first-order valence-electron chi connectivity index (χ1n) is 10.7. The van der Waals surface area contributed by atoms with Crippen LogP contribution < -0.4 is 10.6 Å². The van der Waals surface area contributed by atoms with Crippen molar-refractivity contribution < 1.29 is 30.8 Å². The van der Waals surface area contributed by atoms with Crippen molar-refractivity contribution in [1.82, 2.24) is 10.6 Å². The van der Waals surface area contributed by atoms with E-state index in [9.17, 15) is 30.8 Å². The molecule has 5 nitrogen and oxygen atoms in total. The van der Waals surface area contributed by atoms with Gasteiger partial charge in [-0.15, -0.1) is 6.42 Å². The van der Waals surface area contributed by atoms with E-state index in [2.05, 4.69) is 16.6 Å². The quantitative estimate of drug-likeness (QED) is 0.381. The van der Waals surface area contributed by atoms with Gasteiger partial charge in [0.1, 0.15) is 11.7 Å². The molecular formula is C25H28F4N2O3S. The molecule has 10 heteroatoms. The molecule has 0 aliphatic heterocycles. The number of amides is 1. The second-order valence-corrected chi connectivity index (χ2v) is 10.9. The van der Waals surface area contributed by atoms with E-state index in [-0.39, 0.29) is 10.5 Å². The molecule has 0 aromatic heterocycles. The molecule has 1 amide bonds. The predicted octanol–water partition coefficient (Wildman–Crippen LogP) is 4.59.